The molecule has 114 valence electrons. The molecule has 7 heteroatoms. The van der Waals surface area contributed by atoms with Crippen LogP contribution in [0.5, 0.6) is 0 Å². The molecule has 2 atom stereocenters. The first-order valence-electron chi connectivity index (χ1n) is 6.93. The average Bonchev–Trinajstić information content (AvgIpc) is 2.93. The van der Waals surface area contributed by atoms with Gasteiger partial charge in [0.1, 0.15) is 0 Å². The van der Waals surface area contributed by atoms with E-state index >= 15 is 0 Å². The summed E-state index contributed by atoms with van der Waals surface area (Å²) in [6.07, 6.45) is 4.16. The van der Waals surface area contributed by atoms with Gasteiger partial charge >= 0.3 is 0 Å². The second-order valence-corrected chi connectivity index (χ2v) is 5.35. The van der Waals surface area contributed by atoms with E-state index in [1.165, 1.54) is 6.39 Å². The number of halogens is 1. The predicted octanol–water partition coefficient (Wildman–Crippen LogP) is 1.69. The number of nitrogens with zero attached hydrogens (tertiary/aromatic N) is 2. The van der Waals surface area contributed by atoms with E-state index < -0.39 is 0 Å². The van der Waals surface area contributed by atoms with Crippen LogP contribution in [0.3, 0.4) is 0 Å². The van der Waals surface area contributed by atoms with Crippen molar-refractivity contribution in [3.8, 4) is 0 Å². The Kier molecular flexibility index (Phi) is 6.95. The molecule has 0 spiro atoms. The van der Waals surface area contributed by atoms with Gasteiger partial charge in [0.15, 0.2) is 5.82 Å². The molecule has 1 aromatic rings. The Bertz CT molecular complexity index is 393. The van der Waals surface area contributed by atoms with Crippen molar-refractivity contribution in [2.24, 2.45) is 11.8 Å². The lowest BCUT2D eigenvalue weighted by Gasteiger charge is -2.28. The van der Waals surface area contributed by atoms with Crippen LogP contribution in [0.15, 0.2) is 10.9 Å². The quantitative estimate of drug-likeness (QED) is 0.865. The van der Waals surface area contributed by atoms with Gasteiger partial charge in [0.05, 0.1) is 6.04 Å². The highest BCUT2D eigenvalue weighted by Crippen LogP contribution is 2.24. The Morgan fingerprint density at radius 1 is 1.50 bits per heavy atom. The molecule has 1 aliphatic heterocycles. The van der Waals surface area contributed by atoms with E-state index in [0.29, 0.717) is 24.1 Å². The average molecular weight is 303 g/mol. The van der Waals surface area contributed by atoms with E-state index in [0.717, 1.165) is 25.9 Å². The smallest absolute Gasteiger partial charge is 0.220 e. The Balaban J connectivity index is 0.00000200. The van der Waals surface area contributed by atoms with Gasteiger partial charge in [-0.2, -0.15) is 4.98 Å². The summed E-state index contributed by atoms with van der Waals surface area (Å²) in [6.45, 7) is 6.15. The van der Waals surface area contributed by atoms with Crippen molar-refractivity contribution in [2.75, 3.05) is 13.1 Å². The maximum Gasteiger partial charge on any atom is 0.220 e. The van der Waals surface area contributed by atoms with Crippen LogP contribution < -0.4 is 10.6 Å². The molecule has 20 heavy (non-hydrogen) atoms. The molecule has 0 aliphatic carbocycles. The third-order valence-corrected chi connectivity index (χ3v) is 3.84. The van der Waals surface area contributed by atoms with Crippen LogP contribution in [0.25, 0.3) is 0 Å². The highest BCUT2D eigenvalue weighted by atomic mass is 35.5. The summed E-state index contributed by atoms with van der Waals surface area (Å²) < 4.78 is 4.67. The number of aromatic nitrogens is 2. The molecule has 2 unspecified atom stereocenters. The highest BCUT2D eigenvalue weighted by Gasteiger charge is 2.23. The van der Waals surface area contributed by atoms with Crippen LogP contribution in [-0.4, -0.2) is 29.1 Å². The molecule has 2 rings (SSSR count). The molecule has 1 saturated heterocycles. The van der Waals surface area contributed by atoms with Crippen molar-refractivity contribution in [1.29, 1.82) is 0 Å². The third kappa shape index (κ3) is 4.76. The van der Waals surface area contributed by atoms with E-state index in [1.54, 1.807) is 0 Å². The number of piperidine rings is 1. The zero-order chi connectivity index (χ0) is 13.7. The van der Waals surface area contributed by atoms with Crippen LogP contribution in [-0.2, 0) is 4.79 Å². The van der Waals surface area contributed by atoms with Crippen molar-refractivity contribution in [1.82, 2.24) is 20.8 Å². The van der Waals surface area contributed by atoms with E-state index in [2.05, 4.69) is 32.2 Å². The maximum absolute atomic E-state index is 12.0. The predicted molar refractivity (Wildman–Crippen MR) is 77.5 cm³/mol. The van der Waals surface area contributed by atoms with Crippen molar-refractivity contribution in [3.05, 3.63) is 12.2 Å². The Hall–Kier alpha value is -1.14. The van der Waals surface area contributed by atoms with Gasteiger partial charge in [0, 0.05) is 6.42 Å². The molecule has 1 amide bonds. The van der Waals surface area contributed by atoms with Crippen molar-refractivity contribution < 1.29 is 9.32 Å². The van der Waals surface area contributed by atoms with Crippen LogP contribution in [0.1, 0.15) is 45.0 Å². The van der Waals surface area contributed by atoms with E-state index in [-0.39, 0.29) is 24.4 Å². The molecule has 2 heterocycles. The van der Waals surface area contributed by atoms with Gasteiger partial charge in [-0.1, -0.05) is 12.1 Å². The van der Waals surface area contributed by atoms with Gasteiger partial charge < -0.3 is 15.2 Å². The topological polar surface area (TPSA) is 80.0 Å². The summed E-state index contributed by atoms with van der Waals surface area (Å²) >= 11 is 0. The van der Waals surface area contributed by atoms with Gasteiger partial charge in [-0.25, -0.2) is 0 Å². The monoisotopic (exact) mass is 302 g/mol. The van der Waals surface area contributed by atoms with Crippen molar-refractivity contribution in [2.45, 2.75) is 39.2 Å². The Morgan fingerprint density at radius 2 is 2.20 bits per heavy atom. The lowest BCUT2D eigenvalue weighted by Crippen LogP contribution is -2.34. The highest BCUT2D eigenvalue weighted by molar-refractivity contribution is 5.85. The first kappa shape index (κ1) is 16.9. The molecule has 1 aliphatic rings. The molecule has 0 aromatic carbocycles. The molecular formula is C13H23ClN4O2. The molecule has 6 nitrogen and oxygen atoms in total. The normalized spacial score (nSPS) is 18.9. The summed E-state index contributed by atoms with van der Waals surface area (Å²) in [5, 5.41) is 9.99. The molecule has 0 radical (unpaired) electrons. The second-order valence-electron chi connectivity index (χ2n) is 5.35. The largest absolute Gasteiger partial charge is 0.346 e. The fraction of sp³-hybridized carbons (Fsp3) is 0.769. The Morgan fingerprint density at radius 3 is 2.80 bits per heavy atom. The minimum absolute atomic E-state index is 0. The number of hydrogen-bond donors (Lipinski definition) is 2. The summed E-state index contributed by atoms with van der Waals surface area (Å²) in [5.74, 6) is 1.64. The summed E-state index contributed by atoms with van der Waals surface area (Å²) in [4.78, 5) is 15.9. The lowest BCUT2D eigenvalue weighted by atomic mass is 9.84. The fourth-order valence-electron chi connectivity index (χ4n) is 2.61. The first-order valence-corrected chi connectivity index (χ1v) is 6.93. The number of hydrogen-bond acceptors (Lipinski definition) is 5. The fourth-order valence-corrected chi connectivity index (χ4v) is 2.61. The summed E-state index contributed by atoms with van der Waals surface area (Å²) in [7, 11) is 0. The van der Waals surface area contributed by atoms with Crippen LogP contribution in [0, 0.1) is 11.8 Å². The van der Waals surface area contributed by atoms with Gasteiger partial charge in [-0.3, -0.25) is 4.79 Å². The standard InChI is InChI=1S/C13H22N4O2.ClH/c1-9(11-3-5-14-6-4-11)7-12(18)16-10(2)13-15-8-19-17-13;/h8-11,14H,3-7H2,1-2H3,(H,16,18);1H. The number of nitrogens with one attached hydrogen (secondary N) is 2. The maximum atomic E-state index is 12.0. The number of rotatable bonds is 5. The van der Waals surface area contributed by atoms with Crippen LogP contribution in [0.2, 0.25) is 0 Å². The SMILES string of the molecule is CC(NC(=O)CC(C)C1CCNCC1)c1ncon1.Cl. The molecule has 1 fully saturated rings. The van der Waals surface area contributed by atoms with Gasteiger partial charge in [0.2, 0.25) is 12.3 Å². The van der Waals surface area contributed by atoms with E-state index in [1.807, 2.05) is 6.92 Å². The molecule has 2 N–H and O–H groups in total. The van der Waals surface area contributed by atoms with Gasteiger partial charge in [-0.15, -0.1) is 12.4 Å². The Labute approximate surface area is 125 Å². The minimum atomic E-state index is -0.202. The van der Waals surface area contributed by atoms with Gasteiger partial charge in [0.25, 0.3) is 0 Å². The summed E-state index contributed by atoms with van der Waals surface area (Å²) in [5.41, 5.74) is 0. The number of carbonyl (C=O) groups is 1. The lowest BCUT2D eigenvalue weighted by molar-refractivity contribution is -0.123. The minimum Gasteiger partial charge on any atom is -0.346 e. The van der Waals surface area contributed by atoms with Crippen molar-refractivity contribution >= 4 is 18.3 Å². The van der Waals surface area contributed by atoms with Crippen LogP contribution in [0.4, 0.5) is 0 Å². The molecule has 1 aromatic heterocycles. The van der Waals surface area contributed by atoms with Gasteiger partial charge in [-0.05, 0) is 44.7 Å². The number of carbonyl (C=O) groups excluding carboxylic acids is 1. The number of amides is 1. The van der Waals surface area contributed by atoms with E-state index in [9.17, 15) is 4.79 Å². The zero-order valence-electron chi connectivity index (χ0n) is 12.0. The zero-order valence-corrected chi connectivity index (χ0v) is 12.8. The van der Waals surface area contributed by atoms with Crippen LogP contribution >= 0.6 is 12.4 Å². The second kappa shape index (κ2) is 8.21. The van der Waals surface area contributed by atoms with Crippen molar-refractivity contribution in [3.63, 3.8) is 0 Å². The first-order chi connectivity index (χ1) is 9.16. The molecule has 0 saturated carbocycles. The third-order valence-electron chi connectivity index (χ3n) is 3.84. The molecular weight excluding hydrogens is 280 g/mol. The summed E-state index contributed by atoms with van der Waals surface area (Å²) in [6, 6.07) is -0.202. The van der Waals surface area contributed by atoms with E-state index in [4.69, 9.17) is 0 Å². The molecule has 0 bridgehead atoms.